The number of amidine groups is 1. The number of hydrogen-bond acceptors (Lipinski definition) is 7. The molecule has 1 amide bonds. The number of amides is 1. The number of halogens is 1. The van der Waals surface area contributed by atoms with Crippen LogP contribution in [0.3, 0.4) is 0 Å². The number of benzene rings is 2. The molecule has 0 saturated heterocycles. The van der Waals surface area contributed by atoms with Gasteiger partial charge in [-0.05, 0) is 47.7 Å². The Morgan fingerprint density at radius 2 is 1.85 bits per heavy atom. The second kappa shape index (κ2) is 11.2. The smallest absolute Gasteiger partial charge is 0.374 e. The number of ether oxygens (including phenoxy) is 2. The summed E-state index contributed by atoms with van der Waals surface area (Å²) in [7, 11) is 4.56. The van der Waals surface area contributed by atoms with Crippen molar-refractivity contribution in [2.75, 3.05) is 27.3 Å². The third kappa shape index (κ3) is 5.40. The number of carbonyl (C=O) groups is 3. The summed E-state index contributed by atoms with van der Waals surface area (Å²) < 4.78 is 12.2. The first kappa shape index (κ1) is 29.8. The van der Waals surface area contributed by atoms with Crippen molar-refractivity contribution in [3.8, 4) is 5.75 Å². The van der Waals surface area contributed by atoms with Gasteiger partial charge in [0, 0.05) is 31.8 Å². The van der Waals surface area contributed by atoms with E-state index in [-0.39, 0.29) is 52.3 Å². The number of methoxy groups -OCH3 is 1. The SMILES string of the molecule is Br.CCOc1cc2c(cc1C(=O)NC)C(=N)N(CC(=O)c1cc(C(C)(C)C)c3nc(C(=O)OC)n(C)c3c1)C2. The quantitative estimate of drug-likeness (QED) is 0.310. The number of hydrogen-bond donors (Lipinski definition) is 2. The zero-order valence-corrected chi connectivity index (χ0v) is 24.9. The molecule has 1 aliphatic heterocycles. The molecule has 0 atom stereocenters. The highest BCUT2D eigenvalue weighted by molar-refractivity contribution is 8.93. The van der Waals surface area contributed by atoms with Gasteiger partial charge in [-0.3, -0.25) is 15.0 Å². The Labute approximate surface area is 237 Å². The van der Waals surface area contributed by atoms with Gasteiger partial charge in [-0.15, -0.1) is 17.0 Å². The Hall–Kier alpha value is -3.73. The maximum Gasteiger partial charge on any atom is 0.374 e. The van der Waals surface area contributed by atoms with Crippen LogP contribution in [0.15, 0.2) is 24.3 Å². The summed E-state index contributed by atoms with van der Waals surface area (Å²) >= 11 is 0. The second-order valence-corrected chi connectivity index (χ2v) is 10.3. The number of rotatable bonds is 7. The van der Waals surface area contributed by atoms with Gasteiger partial charge in [0.15, 0.2) is 5.78 Å². The Bertz CT molecular complexity index is 1490. The molecule has 2 aromatic carbocycles. The number of aromatic nitrogens is 2. The average Bonchev–Trinajstić information content (AvgIpc) is 3.37. The molecule has 1 aromatic heterocycles. The molecule has 39 heavy (non-hydrogen) atoms. The van der Waals surface area contributed by atoms with E-state index in [1.165, 1.54) is 7.11 Å². The van der Waals surface area contributed by atoms with Gasteiger partial charge in [-0.1, -0.05) is 20.8 Å². The van der Waals surface area contributed by atoms with Crippen molar-refractivity contribution in [1.29, 1.82) is 5.41 Å². The van der Waals surface area contributed by atoms with Gasteiger partial charge in [0.2, 0.25) is 5.82 Å². The Morgan fingerprint density at radius 3 is 2.44 bits per heavy atom. The molecule has 4 rings (SSSR count). The van der Waals surface area contributed by atoms with Gasteiger partial charge in [0.25, 0.3) is 5.91 Å². The van der Waals surface area contributed by atoms with Crippen molar-refractivity contribution < 1.29 is 23.9 Å². The van der Waals surface area contributed by atoms with Crippen LogP contribution in [-0.2, 0) is 23.7 Å². The summed E-state index contributed by atoms with van der Waals surface area (Å²) in [5, 5.41) is 11.3. The number of fused-ring (bicyclic) bond motifs is 2. The lowest BCUT2D eigenvalue weighted by molar-refractivity contribution is 0.0583. The number of aryl methyl sites for hydroxylation is 1. The predicted octanol–water partition coefficient (Wildman–Crippen LogP) is 4.02. The van der Waals surface area contributed by atoms with Crippen molar-refractivity contribution >= 4 is 51.5 Å². The largest absolute Gasteiger partial charge is 0.493 e. The van der Waals surface area contributed by atoms with Gasteiger partial charge < -0.3 is 24.3 Å². The van der Waals surface area contributed by atoms with E-state index < -0.39 is 5.97 Å². The normalized spacial score (nSPS) is 12.7. The van der Waals surface area contributed by atoms with Crippen molar-refractivity contribution in [2.24, 2.45) is 7.05 Å². The Kier molecular flexibility index (Phi) is 8.54. The van der Waals surface area contributed by atoms with Crippen LogP contribution >= 0.6 is 17.0 Å². The van der Waals surface area contributed by atoms with E-state index in [0.29, 0.717) is 46.6 Å². The van der Waals surface area contributed by atoms with E-state index in [4.69, 9.17) is 14.9 Å². The topological polar surface area (TPSA) is 127 Å². The summed E-state index contributed by atoms with van der Waals surface area (Å²) in [5.74, 6) is -0.248. The number of Topliss-reactive ketones (excluding diaryl/α,β-unsaturated/α-hetero) is 1. The Morgan fingerprint density at radius 1 is 1.15 bits per heavy atom. The number of ketones is 1. The molecule has 1 aliphatic rings. The minimum absolute atomic E-state index is 0. The van der Waals surface area contributed by atoms with Gasteiger partial charge >= 0.3 is 5.97 Å². The van der Waals surface area contributed by atoms with Gasteiger partial charge in [-0.25, -0.2) is 9.78 Å². The zero-order valence-electron chi connectivity index (χ0n) is 23.2. The van der Waals surface area contributed by atoms with Gasteiger partial charge in [0.05, 0.1) is 36.9 Å². The molecule has 0 saturated carbocycles. The molecule has 11 heteroatoms. The molecule has 10 nitrogen and oxygen atoms in total. The zero-order chi connectivity index (χ0) is 27.9. The third-order valence-corrected chi connectivity index (χ3v) is 6.73. The van der Waals surface area contributed by atoms with Crippen LogP contribution in [0.5, 0.6) is 5.75 Å². The van der Waals surface area contributed by atoms with Crippen LogP contribution in [0, 0.1) is 5.41 Å². The number of esters is 1. The average molecular weight is 601 g/mol. The maximum atomic E-state index is 13.6. The highest BCUT2D eigenvalue weighted by atomic mass is 79.9. The van der Waals surface area contributed by atoms with E-state index in [9.17, 15) is 14.4 Å². The van der Waals surface area contributed by atoms with Crippen LogP contribution < -0.4 is 10.1 Å². The van der Waals surface area contributed by atoms with Crippen LogP contribution in [0.25, 0.3) is 11.0 Å². The van der Waals surface area contributed by atoms with Crippen molar-refractivity contribution in [2.45, 2.75) is 39.7 Å². The molecule has 0 unspecified atom stereocenters. The van der Waals surface area contributed by atoms with Crippen molar-refractivity contribution in [3.05, 3.63) is 57.9 Å². The number of nitrogens with one attached hydrogen (secondary N) is 2. The molecule has 0 spiro atoms. The van der Waals surface area contributed by atoms with Crippen LogP contribution in [-0.4, -0.2) is 65.3 Å². The molecule has 3 aromatic rings. The minimum Gasteiger partial charge on any atom is -0.493 e. The highest BCUT2D eigenvalue weighted by Gasteiger charge is 2.30. The first-order valence-corrected chi connectivity index (χ1v) is 12.4. The standard InChI is InChI=1S/C28H33N5O5.BrH/c1-8-38-22-11-16-13-33(24(29)17(16)12-18(22)26(35)30-5)14-21(34)15-9-19(28(2,3)4)23-20(10-15)32(6)25(31-23)27(36)37-7;/h9-12,29H,8,13-14H2,1-7H3,(H,30,35);1H. The first-order chi connectivity index (χ1) is 17.9. The maximum absolute atomic E-state index is 13.6. The lowest BCUT2D eigenvalue weighted by Crippen LogP contribution is -2.30. The summed E-state index contributed by atoms with van der Waals surface area (Å²) in [5.41, 5.74) is 4.01. The first-order valence-electron chi connectivity index (χ1n) is 12.4. The summed E-state index contributed by atoms with van der Waals surface area (Å²) in [6, 6.07) is 6.98. The van der Waals surface area contributed by atoms with Crippen LogP contribution in [0.2, 0.25) is 0 Å². The number of carbonyl (C=O) groups excluding carboxylic acids is 3. The minimum atomic E-state index is -0.553. The van der Waals surface area contributed by atoms with E-state index in [0.717, 1.165) is 11.1 Å². The highest BCUT2D eigenvalue weighted by Crippen LogP contribution is 2.33. The molecule has 208 valence electrons. The molecular weight excluding hydrogens is 566 g/mol. The fourth-order valence-electron chi connectivity index (χ4n) is 4.71. The summed E-state index contributed by atoms with van der Waals surface area (Å²) in [4.78, 5) is 44.5. The van der Waals surface area contributed by atoms with Crippen LogP contribution in [0.4, 0.5) is 0 Å². The molecular formula is C28H34BrN5O5. The predicted molar refractivity (Wildman–Crippen MR) is 154 cm³/mol. The van der Waals surface area contributed by atoms with Crippen LogP contribution in [0.1, 0.15) is 75.7 Å². The van der Waals surface area contributed by atoms with Gasteiger partial charge in [-0.2, -0.15) is 0 Å². The molecule has 2 N–H and O–H groups in total. The van der Waals surface area contributed by atoms with Crippen molar-refractivity contribution in [1.82, 2.24) is 19.8 Å². The van der Waals surface area contributed by atoms with E-state index >= 15 is 0 Å². The molecule has 2 heterocycles. The Balaban J connectivity index is 0.00000420. The fraction of sp³-hybridized carbons (Fsp3) is 0.393. The molecule has 0 radical (unpaired) electrons. The number of imidazole rings is 1. The molecule has 0 fully saturated rings. The molecule has 0 aliphatic carbocycles. The van der Waals surface area contributed by atoms with E-state index in [1.54, 1.807) is 41.8 Å². The molecule has 0 bridgehead atoms. The van der Waals surface area contributed by atoms with E-state index in [2.05, 4.69) is 10.3 Å². The number of nitrogens with zero attached hydrogens (tertiary/aromatic N) is 3. The second-order valence-electron chi connectivity index (χ2n) is 10.3. The van der Waals surface area contributed by atoms with Gasteiger partial charge in [0.1, 0.15) is 11.6 Å². The fourth-order valence-corrected chi connectivity index (χ4v) is 4.71. The lowest BCUT2D eigenvalue weighted by Gasteiger charge is -2.21. The summed E-state index contributed by atoms with van der Waals surface area (Å²) in [6.45, 7) is 8.63. The summed E-state index contributed by atoms with van der Waals surface area (Å²) in [6.07, 6.45) is 0. The lowest BCUT2D eigenvalue weighted by atomic mass is 9.84. The van der Waals surface area contributed by atoms with E-state index in [1.807, 2.05) is 33.8 Å². The monoisotopic (exact) mass is 599 g/mol. The van der Waals surface area contributed by atoms with Crippen molar-refractivity contribution in [3.63, 3.8) is 0 Å². The third-order valence-electron chi connectivity index (χ3n) is 6.73.